The average Bonchev–Trinajstić information content (AvgIpc) is 3.32. The summed E-state index contributed by atoms with van der Waals surface area (Å²) in [5, 5.41) is 29.4. The fraction of sp³-hybridized carbons (Fsp3) is 0.324. The molecule has 4 atom stereocenters. The highest BCUT2D eigenvalue weighted by Gasteiger charge is 2.64. The Morgan fingerprint density at radius 3 is 2.28 bits per heavy atom. The molecule has 50 heavy (non-hydrogen) atoms. The van der Waals surface area contributed by atoms with Crippen molar-refractivity contribution >= 4 is 53.0 Å². The third kappa shape index (κ3) is 7.64. The number of nitrogens with zero attached hydrogens (tertiary/aromatic N) is 1. The number of carboxylic acid groups (broad SMARTS) is 1. The predicted octanol–water partition coefficient (Wildman–Crippen LogP) is 1.71. The molecule has 0 radical (unpaired) electrons. The van der Waals surface area contributed by atoms with Crippen LogP contribution in [0.3, 0.4) is 0 Å². The number of rotatable bonds is 12. The van der Waals surface area contributed by atoms with E-state index in [0.717, 1.165) is 0 Å². The molecule has 0 aliphatic carbocycles. The van der Waals surface area contributed by atoms with Gasteiger partial charge in [-0.2, -0.15) is 0 Å². The van der Waals surface area contributed by atoms with E-state index in [2.05, 4.69) is 26.3 Å². The van der Waals surface area contributed by atoms with E-state index in [1.54, 1.807) is 38.1 Å². The molecule has 16 heteroatoms. The third-order valence-electron chi connectivity index (χ3n) is 8.33. The van der Waals surface area contributed by atoms with Gasteiger partial charge < -0.3 is 41.4 Å². The molecule has 15 nitrogen and oxygen atoms in total. The highest BCUT2D eigenvalue weighted by Crippen LogP contribution is 2.50. The van der Waals surface area contributed by atoms with Crippen LogP contribution in [0.15, 0.2) is 65.5 Å². The molecule has 0 saturated carbocycles. The molecule has 5 amide bonds. The number of carbonyl (C=O) groups excluding carboxylic acids is 5. The number of H-pyrrole nitrogens is 1. The fourth-order valence-corrected chi connectivity index (χ4v) is 7.47. The van der Waals surface area contributed by atoms with E-state index in [0.29, 0.717) is 29.9 Å². The van der Waals surface area contributed by atoms with E-state index in [4.69, 9.17) is 0 Å². The summed E-state index contributed by atoms with van der Waals surface area (Å²) < 4.78 is -0.808. The number of nitrogens with one attached hydrogen (secondary N) is 5. The number of hydrogen-bond donors (Lipinski definition) is 7. The third-order valence-corrected chi connectivity index (χ3v) is 9.90. The number of aromatic hydroxyl groups is 1. The van der Waals surface area contributed by atoms with Gasteiger partial charge in [-0.3, -0.25) is 28.8 Å². The number of thioether (sulfide) groups is 1. The molecule has 2 aliphatic rings. The van der Waals surface area contributed by atoms with Crippen molar-refractivity contribution < 1.29 is 39.0 Å². The summed E-state index contributed by atoms with van der Waals surface area (Å²) in [6, 6.07) is 11.4. The zero-order chi connectivity index (χ0) is 36.3. The first kappa shape index (κ1) is 35.7. The van der Waals surface area contributed by atoms with Gasteiger partial charge in [-0.25, -0.2) is 4.79 Å². The van der Waals surface area contributed by atoms with E-state index >= 15 is 0 Å². The van der Waals surface area contributed by atoms with Crippen LogP contribution in [0.2, 0.25) is 0 Å². The number of aliphatic carboxylic acids is 1. The smallest absolute Gasteiger partial charge is 0.327 e. The standard InChI is InChI=1S/C34H36N6O9S/c1-17(41)35-16-4-5-24(43)36-20-10-6-18(7-11-20)23-15-14-22(28(44)37-23)29(45)38-25(19-8-12-21(42)13-9-19)30(46)39-26-31(47)40-27(33(48)49)34(2,3)50-32(26)40/h6-15,25-27,32,42H,4-5,16H2,1-3H3,(H,35,41)(H,36,43)(H,37,44)(H,38,45)(H,39,46)(H,48,49)/t25?,26-,27+,32-/m1/s1. The van der Waals surface area contributed by atoms with Crippen molar-refractivity contribution in [2.24, 2.45) is 0 Å². The van der Waals surface area contributed by atoms with Crippen molar-refractivity contribution in [3.63, 3.8) is 0 Å². The van der Waals surface area contributed by atoms with Gasteiger partial charge in [0.2, 0.25) is 23.6 Å². The van der Waals surface area contributed by atoms with Crippen molar-refractivity contribution in [1.29, 1.82) is 0 Å². The number of amides is 5. The largest absolute Gasteiger partial charge is 0.508 e. The summed E-state index contributed by atoms with van der Waals surface area (Å²) in [4.78, 5) is 92.0. The molecule has 3 aromatic rings. The molecule has 1 aromatic heterocycles. The number of phenolic OH excluding ortho intramolecular Hbond substituents is 1. The van der Waals surface area contributed by atoms with E-state index in [1.807, 2.05) is 0 Å². The topological polar surface area (TPSA) is 227 Å². The first-order valence-corrected chi connectivity index (χ1v) is 16.6. The lowest BCUT2D eigenvalue weighted by Gasteiger charge is -2.44. The first-order chi connectivity index (χ1) is 23.7. The summed E-state index contributed by atoms with van der Waals surface area (Å²) in [6.45, 7) is 5.21. The monoisotopic (exact) mass is 704 g/mol. The number of aromatic nitrogens is 1. The Kier molecular flexibility index (Phi) is 10.3. The number of benzene rings is 2. The van der Waals surface area contributed by atoms with Crippen molar-refractivity contribution in [2.75, 3.05) is 11.9 Å². The second-order valence-electron chi connectivity index (χ2n) is 12.4. The summed E-state index contributed by atoms with van der Waals surface area (Å²) in [6.07, 6.45) is 0.702. The van der Waals surface area contributed by atoms with Crippen LogP contribution in [0, 0.1) is 0 Å². The highest BCUT2D eigenvalue weighted by atomic mass is 32.2. The van der Waals surface area contributed by atoms with E-state index in [-0.39, 0.29) is 35.1 Å². The molecule has 7 N–H and O–H groups in total. The van der Waals surface area contributed by atoms with Crippen LogP contribution >= 0.6 is 11.8 Å². The van der Waals surface area contributed by atoms with Gasteiger partial charge >= 0.3 is 5.97 Å². The van der Waals surface area contributed by atoms with Crippen LogP contribution in [-0.2, 0) is 24.0 Å². The Labute approximate surface area is 290 Å². The SMILES string of the molecule is CC(=O)NCCCC(=O)Nc1ccc(-c2ccc(C(=O)NC(C(=O)N[C@@H]3C(=O)N4[C@@H]3SC(C)(C)[C@@H]4C(=O)O)c3ccc(O)cc3)c(=O)[nH]2)cc1. The minimum atomic E-state index is -1.38. The number of pyridine rings is 1. The number of anilines is 1. The van der Waals surface area contributed by atoms with Crippen molar-refractivity contribution in [1.82, 2.24) is 25.8 Å². The van der Waals surface area contributed by atoms with Crippen LogP contribution < -0.4 is 26.8 Å². The Balaban J connectivity index is 1.27. The lowest BCUT2D eigenvalue weighted by atomic mass is 9.95. The van der Waals surface area contributed by atoms with Gasteiger partial charge in [0.1, 0.15) is 34.8 Å². The number of hydrogen-bond acceptors (Lipinski definition) is 9. The molecular weight excluding hydrogens is 668 g/mol. The van der Waals surface area contributed by atoms with Crippen LogP contribution in [0.1, 0.15) is 55.6 Å². The number of carbonyl (C=O) groups is 6. The van der Waals surface area contributed by atoms with Crippen LogP contribution in [-0.4, -0.2) is 84.4 Å². The maximum absolute atomic E-state index is 13.6. The number of β-lactam (4-membered cyclic amide) rings is 1. The molecule has 0 bridgehead atoms. The minimum Gasteiger partial charge on any atom is -0.508 e. The zero-order valence-corrected chi connectivity index (χ0v) is 28.1. The first-order valence-electron chi connectivity index (χ1n) is 15.7. The maximum Gasteiger partial charge on any atom is 0.327 e. The van der Waals surface area contributed by atoms with Gasteiger partial charge in [-0.1, -0.05) is 24.3 Å². The van der Waals surface area contributed by atoms with Gasteiger partial charge in [-0.15, -0.1) is 11.8 Å². The summed E-state index contributed by atoms with van der Waals surface area (Å²) in [5.74, 6) is -3.85. The Bertz CT molecular complexity index is 1890. The molecule has 3 heterocycles. The fourth-order valence-electron chi connectivity index (χ4n) is 5.85. The lowest BCUT2D eigenvalue weighted by Crippen LogP contribution is -2.71. The molecule has 2 aromatic carbocycles. The molecule has 2 saturated heterocycles. The van der Waals surface area contributed by atoms with Crippen LogP contribution in [0.4, 0.5) is 5.69 Å². The molecule has 2 aliphatic heterocycles. The van der Waals surface area contributed by atoms with Crippen molar-refractivity contribution in [2.45, 2.75) is 61.9 Å². The van der Waals surface area contributed by atoms with Crippen LogP contribution in [0.5, 0.6) is 5.75 Å². The molecule has 2 fully saturated rings. The van der Waals surface area contributed by atoms with Gasteiger partial charge in [0.15, 0.2) is 0 Å². The number of fused-ring (bicyclic) bond motifs is 1. The number of carboxylic acids is 1. The van der Waals surface area contributed by atoms with Gasteiger partial charge in [0, 0.05) is 36.0 Å². The Hall–Kier alpha value is -5.64. The van der Waals surface area contributed by atoms with Crippen LogP contribution in [0.25, 0.3) is 11.3 Å². The summed E-state index contributed by atoms with van der Waals surface area (Å²) in [5.41, 5.74) is 0.734. The molecule has 262 valence electrons. The average molecular weight is 705 g/mol. The lowest BCUT2D eigenvalue weighted by molar-refractivity contribution is -0.161. The molecule has 0 spiro atoms. The normalized spacial score (nSPS) is 19.4. The minimum absolute atomic E-state index is 0.0884. The van der Waals surface area contributed by atoms with E-state index in [1.165, 1.54) is 60.0 Å². The molecule has 1 unspecified atom stereocenters. The quantitative estimate of drug-likeness (QED) is 0.107. The second kappa shape index (κ2) is 14.5. The second-order valence-corrected chi connectivity index (χ2v) is 14.2. The zero-order valence-electron chi connectivity index (χ0n) is 27.3. The molecule has 5 rings (SSSR count). The summed E-state index contributed by atoms with van der Waals surface area (Å²) >= 11 is 1.25. The van der Waals surface area contributed by atoms with Gasteiger partial charge in [0.25, 0.3) is 11.5 Å². The number of phenols is 1. The van der Waals surface area contributed by atoms with Gasteiger partial charge in [0.05, 0.1) is 0 Å². The highest BCUT2D eigenvalue weighted by molar-refractivity contribution is 8.01. The molecular formula is C34H36N6O9S. The van der Waals surface area contributed by atoms with E-state index < -0.39 is 57.5 Å². The maximum atomic E-state index is 13.6. The van der Waals surface area contributed by atoms with Crippen molar-refractivity contribution in [3.8, 4) is 17.0 Å². The Morgan fingerprint density at radius 1 is 0.980 bits per heavy atom. The van der Waals surface area contributed by atoms with Crippen molar-refractivity contribution in [3.05, 3.63) is 82.1 Å². The predicted molar refractivity (Wildman–Crippen MR) is 183 cm³/mol. The Morgan fingerprint density at radius 2 is 1.66 bits per heavy atom. The summed E-state index contributed by atoms with van der Waals surface area (Å²) in [7, 11) is 0. The van der Waals surface area contributed by atoms with Gasteiger partial charge in [-0.05, 0) is 67.8 Å². The number of aromatic amines is 1. The van der Waals surface area contributed by atoms with E-state index in [9.17, 15) is 43.8 Å².